The van der Waals surface area contributed by atoms with E-state index in [4.69, 9.17) is 16.0 Å². The summed E-state index contributed by atoms with van der Waals surface area (Å²) in [5, 5.41) is 0.966. The Labute approximate surface area is 187 Å². The van der Waals surface area contributed by atoms with E-state index in [-0.39, 0.29) is 11.4 Å². The minimum absolute atomic E-state index is 0.173. The zero-order chi connectivity index (χ0) is 21.6. The lowest BCUT2D eigenvalue weighted by Crippen LogP contribution is -2.30. The highest BCUT2D eigenvalue weighted by Crippen LogP contribution is 2.34. The molecule has 0 fully saturated rings. The van der Waals surface area contributed by atoms with Crippen LogP contribution < -0.4 is 4.31 Å². The van der Waals surface area contributed by atoms with E-state index < -0.39 is 10.0 Å². The summed E-state index contributed by atoms with van der Waals surface area (Å²) in [7, 11) is -3.79. The molecule has 0 unspecified atom stereocenters. The van der Waals surface area contributed by atoms with Crippen LogP contribution in [0.4, 0.5) is 5.13 Å². The lowest BCUT2D eigenvalue weighted by atomic mass is 10.2. The number of hydrogen-bond donors (Lipinski definition) is 0. The van der Waals surface area contributed by atoms with E-state index in [1.807, 2.05) is 30.3 Å². The number of oxazole rings is 1. The zero-order valence-electron chi connectivity index (χ0n) is 16.3. The number of para-hydroxylation sites is 2. The van der Waals surface area contributed by atoms with Crippen molar-refractivity contribution in [3.8, 4) is 11.5 Å². The number of thiazole rings is 1. The van der Waals surface area contributed by atoms with E-state index in [1.54, 1.807) is 43.3 Å². The SMILES string of the molecule is CCN(c1nc2cc(Cl)ccc2s1)S(=O)(=O)c1ccc(-c2nc3ccccc3o2)cc1. The average molecular weight is 470 g/mol. The van der Waals surface area contributed by atoms with Gasteiger partial charge in [0, 0.05) is 17.1 Å². The number of anilines is 1. The predicted octanol–water partition coefficient (Wildman–Crippen LogP) is 5.97. The van der Waals surface area contributed by atoms with Gasteiger partial charge in [0.25, 0.3) is 10.0 Å². The first kappa shape index (κ1) is 20.0. The van der Waals surface area contributed by atoms with Crippen molar-refractivity contribution in [2.24, 2.45) is 0 Å². The molecule has 0 aliphatic rings. The molecule has 0 aliphatic carbocycles. The molecule has 5 aromatic rings. The van der Waals surface area contributed by atoms with Crippen LogP contribution in [0, 0.1) is 0 Å². The topological polar surface area (TPSA) is 76.3 Å². The third kappa shape index (κ3) is 3.56. The molecule has 156 valence electrons. The first-order valence-electron chi connectivity index (χ1n) is 9.50. The van der Waals surface area contributed by atoms with E-state index in [2.05, 4.69) is 9.97 Å². The number of aromatic nitrogens is 2. The molecule has 0 radical (unpaired) electrons. The van der Waals surface area contributed by atoms with E-state index in [0.29, 0.717) is 32.7 Å². The lowest BCUT2D eigenvalue weighted by molar-refractivity contribution is 0.591. The van der Waals surface area contributed by atoms with Crippen molar-refractivity contribution in [1.82, 2.24) is 9.97 Å². The van der Waals surface area contributed by atoms with E-state index in [1.165, 1.54) is 15.6 Å². The van der Waals surface area contributed by atoms with Crippen LogP contribution in [0.3, 0.4) is 0 Å². The maximum absolute atomic E-state index is 13.3. The van der Waals surface area contributed by atoms with E-state index >= 15 is 0 Å². The van der Waals surface area contributed by atoms with Crippen LogP contribution in [0.5, 0.6) is 0 Å². The van der Waals surface area contributed by atoms with Crippen LogP contribution in [-0.4, -0.2) is 24.9 Å². The third-order valence-corrected chi connectivity index (χ3v) is 8.11. The summed E-state index contributed by atoms with van der Waals surface area (Å²) >= 11 is 7.35. The Morgan fingerprint density at radius 1 is 1.00 bits per heavy atom. The molecule has 0 spiro atoms. The number of fused-ring (bicyclic) bond motifs is 2. The summed E-state index contributed by atoms with van der Waals surface area (Å²) in [5.41, 5.74) is 2.81. The van der Waals surface area contributed by atoms with Crippen LogP contribution in [0.15, 0.2) is 76.0 Å². The Bertz CT molecular complexity index is 1480. The Morgan fingerprint density at radius 2 is 1.77 bits per heavy atom. The molecule has 0 N–H and O–H groups in total. The normalized spacial score (nSPS) is 11.9. The molecule has 3 aromatic carbocycles. The molecule has 6 nitrogen and oxygen atoms in total. The number of nitrogens with zero attached hydrogens (tertiary/aromatic N) is 3. The molecule has 0 saturated heterocycles. The second-order valence-electron chi connectivity index (χ2n) is 6.79. The van der Waals surface area contributed by atoms with Crippen molar-refractivity contribution >= 4 is 59.4 Å². The minimum Gasteiger partial charge on any atom is -0.436 e. The summed E-state index contributed by atoms with van der Waals surface area (Å²) in [6.45, 7) is 2.03. The lowest BCUT2D eigenvalue weighted by Gasteiger charge is -2.19. The van der Waals surface area contributed by atoms with Gasteiger partial charge in [-0.2, -0.15) is 0 Å². The molecule has 0 aliphatic heterocycles. The highest BCUT2D eigenvalue weighted by molar-refractivity contribution is 7.93. The summed E-state index contributed by atoms with van der Waals surface area (Å²) in [5.74, 6) is 0.445. The maximum Gasteiger partial charge on any atom is 0.266 e. The molecule has 0 amide bonds. The number of sulfonamides is 1. The van der Waals surface area contributed by atoms with Crippen molar-refractivity contribution in [3.63, 3.8) is 0 Å². The van der Waals surface area contributed by atoms with Gasteiger partial charge in [0.15, 0.2) is 5.58 Å². The van der Waals surface area contributed by atoms with Gasteiger partial charge in [0.05, 0.1) is 15.1 Å². The fourth-order valence-electron chi connectivity index (χ4n) is 3.30. The van der Waals surface area contributed by atoms with Crippen molar-refractivity contribution in [1.29, 1.82) is 0 Å². The van der Waals surface area contributed by atoms with Gasteiger partial charge in [-0.25, -0.2) is 22.7 Å². The Balaban J connectivity index is 1.49. The van der Waals surface area contributed by atoms with Gasteiger partial charge in [-0.15, -0.1) is 0 Å². The highest BCUT2D eigenvalue weighted by atomic mass is 35.5. The molecule has 9 heteroatoms. The van der Waals surface area contributed by atoms with Gasteiger partial charge in [-0.1, -0.05) is 35.1 Å². The van der Waals surface area contributed by atoms with Crippen LogP contribution >= 0.6 is 22.9 Å². The van der Waals surface area contributed by atoms with Crippen molar-refractivity contribution in [2.75, 3.05) is 10.8 Å². The van der Waals surface area contributed by atoms with Gasteiger partial charge in [-0.3, -0.25) is 0 Å². The first-order chi connectivity index (χ1) is 15.0. The minimum atomic E-state index is -3.79. The van der Waals surface area contributed by atoms with Gasteiger partial charge >= 0.3 is 0 Å². The maximum atomic E-state index is 13.3. The van der Waals surface area contributed by atoms with Crippen LogP contribution in [0.2, 0.25) is 5.02 Å². The number of halogens is 1. The largest absolute Gasteiger partial charge is 0.436 e. The Kier molecular flexibility index (Phi) is 4.92. The van der Waals surface area contributed by atoms with Gasteiger partial charge < -0.3 is 4.42 Å². The number of hydrogen-bond acceptors (Lipinski definition) is 6. The molecular weight excluding hydrogens is 454 g/mol. The molecule has 5 rings (SSSR count). The Morgan fingerprint density at radius 3 is 2.52 bits per heavy atom. The van der Waals surface area contributed by atoms with Crippen molar-refractivity contribution in [3.05, 3.63) is 71.8 Å². The monoisotopic (exact) mass is 469 g/mol. The smallest absolute Gasteiger partial charge is 0.266 e. The van der Waals surface area contributed by atoms with Crippen LogP contribution in [0.25, 0.3) is 32.8 Å². The van der Waals surface area contributed by atoms with Crippen molar-refractivity contribution < 1.29 is 12.8 Å². The van der Waals surface area contributed by atoms with Gasteiger partial charge in [0.1, 0.15) is 5.52 Å². The first-order valence-corrected chi connectivity index (χ1v) is 12.1. The number of benzene rings is 3. The summed E-state index contributed by atoms with van der Waals surface area (Å²) in [4.78, 5) is 9.11. The molecule has 0 atom stereocenters. The quantitative estimate of drug-likeness (QED) is 0.317. The molecule has 2 heterocycles. The molecular formula is C22H16ClN3O3S2. The summed E-state index contributed by atoms with van der Waals surface area (Å²) in [6.07, 6.45) is 0. The number of rotatable bonds is 5. The van der Waals surface area contributed by atoms with E-state index in [9.17, 15) is 8.42 Å². The molecule has 31 heavy (non-hydrogen) atoms. The second kappa shape index (κ2) is 7.64. The second-order valence-corrected chi connectivity index (χ2v) is 10.1. The highest BCUT2D eigenvalue weighted by Gasteiger charge is 2.26. The van der Waals surface area contributed by atoms with Crippen molar-refractivity contribution in [2.45, 2.75) is 11.8 Å². The summed E-state index contributed by atoms with van der Waals surface area (Å²) < 4.78 is 34.6. The molecule has 2 aromatic heterocycles. The molecule has 0 bridgehead atoms. The fraction of sp³-hybridized carbons (Fsp3) is 0.0909. The van der Waals surface area contributed by atoms with E-state index in [0.717, 1.165) is 10.2 Å². The van der Waals surface area contributed by atoms with Crippen LogP contribution in [0.1, 0.15) is 6.92 Å². The fourth-order valence-corrected chi connectivity index (χ4v) is 6.11. The predicted molar refractivity (Wildman–Crippen MR) is 124 cm³/mol. The van der Waals surface area contributed by atoms with Gasteiger partial charge in [0.2, 0.25) is 11.0 Å². The standard InChI is InChI=1S/C22H16ClN3O3S2/c1-2-26(22-25-18-13-15(23)9-12-20(18)30-22)31(27,28)16-10-7-14(8-11-16)21-24-17-5-3-4-6-19(17)29-21/h3-13H,2H2,1H3. The van der Waals surface area contributed by atoms with Gasteiger partial charge in [-0.05, 0) is 61.5 Å². The Hall–Kier alpha value is -2.94. The summed E-state index contributed by atoms with van der Waals surface area (Å²) in [6, 6.07) is 19.3. The third-order valence-electron chi connectivity index (χ3n) is 4.82. The average Bonchev–Trinajstić information content (AvgIpc) is 3.37. The molecule has 0 saturated carbocycles. The van der Waals surface area contributed by atoms with Crippen LogP contribution in [-0.2, 0) is 10.0 Å². The zero-order valence-corrected chi connectivity index (χ0v) is 18.7.